The minimum Gasteiger partial charge on any atom is -0.424 e. The molecule has 0 aliphatic heterocycles. The van der Waals surface area contributed by atoms with Gasteiger partial charge in [0.2, 0.25) is 0 Å². The minimum atomic E-state index is 0.110. The van der Waals surface area contributed by atoms with Gasteiger partial charge in [0.1, 0.15) is 29.1 Å². The van der Waals surface area contributed by atoms with Crippen LogP contribution in [0.5, 0.6) is 0 Å². The number of anilines is 2. The Kier molecular flexibility index (Phi) is 8.76. The van der Waals surface area contributed by atoms with Crippen molar-refractivity contribution in [3.8, 4) is 11.3 Å². The fourth-order valence-electron chi connectivity index (χ4n) is 3.96. The van der Waals surface area contributed by atoms with Gasteiger partial charge in [-0.05, 0) is 31.0 Å². The number of aryl methyl sites for hydroxylation is 1. The lowest BCUT2D eigenvalue weighted by atomic mass is 10.1. The molecule has 0 unspecified atom stereocenters. The van der Waals surface area contributed by atoms with Gasteiger partial charge in [0.15, 0.2) is 11.2 Å². The summed E-state index contributed by atoms with van der Waals surface area (Å²) in [5, 5.41) is 5.48. The summed E-state index contributed by atoms with van der Waals surface area (Å²) < 4.78 is 17.8. The Labute approximate surface area is 208 Å². The highest BCUT2D eigenvalue weighted by Gasteiger charge is 2.18. The number of fused-ring (bicyclic) bond motifs is 2. The number of unbranched alkanes of at least 4 members (excludes halogenated alkanes) is 2. The van der Waals surface area contributed by atoms with Gasteiger partial charge in [0, 0.05) is 31.5 Å². The summed E-state index contributed by atoms with van der Waals surface area (Å²) in [6, 6.07) is 5.65. The molecule has 0 amide bonds. The molecule has 0 saturated heterocycles. The highest BCUT2D eigenvalue weighted by molar-refractivity contribution is 5.99. The Hall–Kier alpha value is -3.61. The summed E-state index contributed by atoms with van der Waals surface area (Å²) in [6.45, 7) is 3.05. The smallest absolute Gasteiger partial charge is 0.292 e. The van der Waals surface area contributed by atoms with Crippen LogP contribution < -0.4 is 17.2 Å². The monoisotopic (exact) mass is 496 g/mol. The van der Waals surface area contributed by atoms with Gasteiger partial charge in [-0.3, -0.25) is 4.79 Å². The molecule has 1 aromatic carbocycles. The molecular formula is C24H32N8O4. The first-order chi connectivity index (χ1) is 17.6. The molecule has 4 aromatic rings. The second-order valence-corrected chi connectivity index (χ2v) is 8.38. The topological polar surface area (TPSA) is 183 Å². The fraction of sp³-hybridized carbons (Fsp3) is 0.458. The van der Waals surface area contributed by atoms with E-state index in [0.29, 0.717) is 86.0 Å². The van der Waals surface area contributed by atoms with Crippen LogP contribution in [0.2, 0.25) is 0 Å². The van der Waals surface area contributed by atoms with E-state index < -0.39 is 0 Å². The summed E-state index contributed by atoms with van der Waals surface area (Å²) in [4.78, 5) is 24.9. The van der Waals surface area contributed by atoms with Crippen molar-refractivity contribution in [2.75, 3.05) is 44.4 Å². The SMILES string of the molecule is NCCOCCOCCC(=O)CCCCCn1nc(-c2ccc3oc(N)nc3c2)c2c(N)ncnc21. The van der Waals surface area contributed by atoms with Crippen molar-refractivity contribution < 1.29 is 18.7 Å². The molecule has 12 heteroatoms. The van der Waals surface area contributed by atoms with Gasteiger partial charge >= 0.3 is 0 Å². The summed E-state index contributed by atoms with van der Waals surface area (Å²) in [5.41, 5.74) is 20.6. The average molecular weight is 497 g/mol. The first kappa shape index (κ1) is 25.5. The van der Waals surface area contributed by atoms with Crippen molar-refractivity contribution in [1.82, 2.24) is 24.7 Å². The third-order valence-corrected chi connectivity index (χ3v) is 5.72. The first-order valence-electron chi connectivity index (χ1n) is 12.1. The average Bonchev–Trinajstić information content (AvgIpc) is 3.43. The maximum absolute atomic E-state index is 12.1. The molecule has 3 aromatic heterocycles. The van der Waals surface area contributed by atoms with E-state index in [1.807, 2.05) is 16.8 Å². The second kappa shape index (κ2) is 12.4. The summed E-state index contributed by atoms with van der Waals surface area (Å²) in [7, 11) is 0. The summed E-state index contributed by atoms with van der Waals surface area (Å²) in [5.74, 6) is 0.564. The number of ketones is 1. The molecule has 6 N–H and O–H groups in total. The fourth-order valence-corrected chi connectivity index (χ4v) is 3.96. The molecular weight excluding hydrogens is 464 g/mol. The largest absolute Gasteiger partial charge is 0.424 e. The quantitative estimate of drug-likeness (QED) is 0.205. The van der Waals surface area contributed by atoms with Crippen LogP contribution in [0.1, 0.15) is 32.1 Å². The van der Waals surface area contributed by atoms with Crippen LogP contribution in [0.15, 0.2) is 28.9 Å². The van der Waals surface area contributed by atoms with Gasteiger partial charge < -0.3 is 31.1 Å². The molecule has 3 heterocycles. The molecule has 0 radical (unpaired) electrons. The molecule has 192 valence electrons. The normalized spacial score (nSPS) is 11.6. The van der Waals surface area contributed by atoms with Crippen LogP contribution in [0.3, 0.4) is 0 Å². The Morgan fingerprint density at radius 1 is 1.00 bits per heavy atom. The number of nitrogens with two attached hydrogens (primary N) is 3. The van der Waals surface area contributed by atoms with Gasteiger partial charge in [-0.25, -0.2) is 14.6 Å². The molecule has 4 rings (SSSR count). The number of hydrogen-bond acceptors (Lipinski definition) is 11. The van der Waals surface area contributed by atoms with E-state index in [4.69, 9.17) is 36.2 Å². The molecule has 0 spiro atoms. The molecule has 36 heavy (non-hydrogen) atoms. The Balaban J connectivity index is 1.30. The summed E-state index contributed by atoms with van der Waals surface area (Å²) >= 11 is 0. The molecule has 0 saturated carbocycles. The molecule has 0 bridgehead atoms. The zero-order valence-electron chi connectivity index (χ0n) is 20.2. The van der Waals surface area contributed by atoms with Crippen LogP contribution in [-0.2, 0) is 20.8 Å². The predicted molar refractivity (Wildman–Crippen MR) is 136 cm³/mol. The van der Waals surface area contributed by atoms with Gasteiger partial charge in [0.25, 0.3) is 6.01 Å². The number of carbonyl (C=O) groups excluding carboxylic acids is 1. The number of nitrogens with zero attached hydrogens (tertiary/aromatic N) is 5. The van der Waals surface area contributed by atoms with Crippen LogP contribution in [0, 0.1) is 0 Å². The zero-order chi connectivity index (χ0) is 25.3. The zero-order valence-corrected chi connectivity index (χ0v) is 20.2. The van der Waals surface area contributed by atoms with E-state index in [2.05, 4.69) is 15.0 Å². The highest BCUT2D eigenvalue weighted by Crippen LogP contribution is 2.32. The van der Waals surface area contributed by atoms with Crippen LogP contribution in [0.25, 0.3) is 33.4 Å². The minimum absolute atomic E-state index is 0.110. The van der Waals surface area contributed by atoms with E-state index >= 15 is 0 Å². The second-order valence-electron chi connectivity index (χ2n) is 8.38. The lowest BCUT2D eigenvalue weighted by Crippen LogP contribution is -2.13. The standard InChI is InChI=1S/C24H32N8O4/c25-8-11-35-13-12-34-10-7-17(33)4-2-1-3-9-32-23-20(22(26)28-15-29-23)21(31-32)16-5-6-19-18(14-16)30-24(27)36-19/h5-6,14-15H,1-4,7-13,25H2,(H2,27,30)(H2,26,28,29). The maximum Gasteiger partial charge on any atom is 0.292 e. The van der Waals surface area contributed by atoms with Crippen LogP contribution in [0.4, 0.5) is 11.8 Å². The van der Waals surface area contributed by atoms with Crippen LogP contribution >= 0.6 is 0 Å². The number of ether oxygens (including phenoxy) is 2. The van der Waals surface area contributed by atoms with E-state index in [0.717, 1.165) is 24.8 Å². The van der Waals surface area contributed by atoms with Crippen molar-refractivity contribution in [3.05, 3.63) is 24.5 Å². The first-order valence-corrected chi connectivity index (χ1v) is 12.1. The third kappa shape index (κ3) is 6.33. The predicted octanol–water partition coefficient (Wildman–Crippen LogP) is 2.31. The van der Waals surface area contributed by atoms with Gasteiger partial charge in [-0.15, -0.1) is 0 Å². The van der Waals surface area contributed by atoms with Crippen molar-refractivity contribution in [3.63, 3.8) is 0 Å². The van der Waals surface area contributed by atoms with Crippen LogP contribution in [-0.4, -0.2) is 63.5 Å². The van der Waals surface area contributed by atoms with Gasteiger partial charge in [-0.1, -0.05) is 6.42 Å². The Morgan fingerprint density at radius 3 is 2.67 bits per heavy atom. The number of nitrogen functional groups attached to an aromatic ring is 2. The van der Waals surface area contributed by atoms with Gasteiger partial charge in [-0.2, -0.15) is 10.1 Å². The molecule has 0 atom stereocenters. The number of hydrogen-bond donors (Lipinski definition) is 3. The number of Topliss-reactive ketones (excluding diaryl/α,β-unsaturated/α-hetero) is 1. The highest BCUT2D eigenvalue weighted by atomic mass is 16.5. The molecule has 12 nitrogen and oxygen atoms in total. The van der Waals surface area contributed by atoms with E-state index in [1.54, 1.807) is 6.07 Å². The molecule has 0 aliphatic rings. The maximum atomic E-state index is 12.1. The lowest BCUT2D eigenvalue weighted by molar-refractivity contribution is -0.120. The van der Waals surface area contributed by atoms with E-state index in [-0.39, 0.29) is 11.8 Å². The van der Waals surface area contributed by atoms with Crippen molar-refractivity contribution in [2.45, 2.75) is 38.6 Å². The Bertz CT molecular complexity index is 1300. The van der Waals surface area contributed by atoms with Gasteiger partial charge in [0.05, 0.1) is 31.8 Å². The lowest BCUT2D eigenvalue weighted by Gasteiger charge is -2.05. The van der Waals surface area contributed by atoms with Crippen molar-refractivity contribution in [2.24, 2.45) is 5.73 Å². The molecule has 0 fully saturated rings. The number of rotatable bonds is 15. The number of aromatic nitrogens is 5. The number of oxazole rings is 1. The van der Waals surface area contributed by atoms with Crippen molar-refractivity contribution >= 4 is 39.7 Å². The Morgan fingerprint density at radius 2 is 1.83 bits per heavy atom. The number of carbonyl (C=O) groups is 1. The van der Waals surface area contributed by atoms with E-state index in [1.165, 1.54) is 6.33 Å². The van der Waals surface area contributed by atoms with E-state index in [9.17, 15) is 4.79 Å². The van der Waals surface area contributed by atoms with Crippen molar-refractivity contribution in [1.29, 1.82) is 0 Å². The number of benzene rings is 1. The summed E-state index contributed by atoms with van der Waals surface area (Å²) in [6.07, 6.45) is 4.94. The third-order valence-electron chi connectivity index (χ3n) is 5.72. The molecule has 0 aliphatic carbocycles.